The Labute approximate surface area is 108 Å². The van der Waals surface area contributed by atoms with Crippen LogP contribution in [0.15, 0.2) is 35.3 Å². The molecule has 0 unspecified atom stereocenters. The number of hydrogen-bond donors (Lipinski definition) is 1. The summed E-state index contributed by atoms with van der Waals surface area (Å²) in [6.45, 7) is -0.00974. The van der Waals surface area contributed by atoms with Crippen LogP contribution in [0.1, 0.15) is 11.1 Å². The standard InChI is InChI=1S/C13H11FN4O/c1-16-11-5-13(19)18(17-7-11)8-10-4-9(6-15)2-3-12(10)14/h2-5,7,16H,8H2,1H3. The number of benzene rings is 1. The van der Waals surface area contributed by atoms with Crippen molar-refractivity contribution in [3.05, 3.63) is 57.8 Å². The summed E-state index contributed by atoms with van der Waals surface area (Å²) in [5, 5.41) is 15.5. The van der Waals surface area contributed by atoms with Crippen LogP contribution in [0.5, 0.6) is 0 Å². The average molecular weight is 258 g/mol. The van der Waals surface area contributed by atoms with Crippen LogP contribution in [-0.4, -0.2) is 16.8 Å². The Morgan fingerprint density at radius 1 is 1.47 bits per heavy atom. The van der Waals surface area contributed by atoms with E-state index in [9.17, 15) is 9.18 Å². The molecular weight excluding hydrogens is 247 g/mol. The van der Waals surface area contributed by atoms with Crippen LogP contribution in [0.25, 0.3) is 0 Å². The van der Waals surface area contributed by atoms with Gasteiger partial charge in [0.1, 0.15) is 5.82 Å². The number of nitriles is 1. The highest BCUT2D eigenvalue weighted by molar-refractivity contribution is 5.38. The Hall–Kier alpha value is -2.68. The molecule has 5 nitrogen and oxygen atoms in total. The second-order valence-corrected chi connectivity index (χ2v) is 3.91. The first kappa shape index (κ1) is 12.8. The lowest BCUT2D eigenvalue weighted by Crippen LogP contribution is -2.23. The topological polar surface area (TPSA) is 70.7 Å². The van der Waals surface area contributed by atoms with Gasteiger partial charge in [0.15, 0.2) is 0 Å². The Morgan fingerprint density at radius 3 is 2.89 bits per heavy atom. The molecule has 0 atom stereocenters. The van der Waals surface area contributed by atoms with E-state index in [2.05, 4.69) is 10.4 Å². The third kappa shape index (κ3) is 2.77. The van der Waals surface area contributed by atoms with Gasteiger partial charge >= 0.3 is 0 Å². The molecule has 1 aromatic carbocycles. The normalized spacial score (nSPS) is 9.95. The Balaban J connectivity index is 2.36. The van der Waals surface area contributed by atoms with Gasteiger partial charge in [-0.05, 0) is 18.2 Å². The summed E-state index contributed by atoms with van der Waals surface area (Å²) < 4.78 is 14.7. The predicted octanol–water partition coefficient (Wildman–Crippen LogP) is 1.34. The van der Waals surface area contributed by atoms with Gasteiger partial charge < -0.3 is 5.32 Å². The number of nitrogens with one attached hydrogen (secondary N) is 1. The molecule has 0 saturated heterocycles. The van der Waals surface area contributed by atoms with Crippen molar-refractivity contribution in [3.63, 3.8) is 0 Å². The molecule has 19 heavy (non-hydrogen) atoms. The molecule has 0 aliphatic rings. The van der Waals surface area contributed by atoms with Gasteiger partial charge in [0, 0.05) is 18.7 Å². The molecule has 1 aromatic heterocycles. The SMILES string of the molecule is CNc1cnn(Cc2cc(C#N)ccc2F)c(=O)c1. The number of anilines is 1. The molecular formula is C13H11FN4O. The maximum absolute atomic E-state index is 13.6. The number of hydrogen-bond acceptors (Lipinski definition) is 4. The summed E-state index contributed by atoms with van der Waals surface area (Å²) >= 11 is 0. The van der Waals surface area contributed by atoms with Crippen molar-refractivity contribution >= 4 is 5.69 Å². The lowest BCUT2D eigenvalue weighted by Gasteiger charge is -2.07. The van der Waals surface area contributed by atoms with Crippen LogP contribution in [-0.2, 0) is 6.54 Å². The van der Waals surface area contributed by atoms with E-state index in [1.807, 2.05) is 6.07 Å². The van der Waals surface area contributed by atoms with E-state index in [1.54, 1.807) is 7.05 Å². The van der Waals surface area contributed by atoms with Crippen molar-refractivity contribution in [1.82, 2.24) is 9.78 Å². The van der Waals surface area contributed by atoms with Crippen molar-refractivity contribution in [3.8, 4) is 6.07 Å². The van der Waals surface area contributed by atoms with E-state index in [0.29, 0.717) is 11.3 Å². The monoisotopic (exact) mass is 258 g/mol. The highest BCUT2D eigenvalue weighted by Crippen LogP contribution is 2.11. The zero-order valence-electron chi connectivity index (χ0n) is 10.2. The molecule has 96 valence electrons. The van der Waals surface area contributed by atoms with Gasteiger partial charge in [-0.1, -0.05) is 0 Å². The third-order valence-electron chi connectivity index (χ3n) is 2.65. The van der Waals surface area contributed by atoms with Gasteiger partial charge in [-0.2, -0.15) is 10.4 Å². The number of nitrogens with zero attached hydrogens (tertiary/aromatic N) is 3. The zero-order chi connectivity index (χ0) is 13.8. The smallest absolute Gasteiger partial charge is 0.269 e. The second-order valence-electron chi connectivity index (χ2n) is 3.91. The quantitative estimate of drug-likeness (QED) is 0.902. The van der Waals surface area contributed by atoms with Crippen LogP contribution < -0.4 is 10.9 Å². The molecule has 0 spiro atoms. The largest absolute Gasteiger partial charge is 0.387 e. The van der Waals surface area contributed by atoms with Gasteiger partial charge in [0.2, 0.25) is 0 Å². The van der Waals surface area contributed by atoms with E-state index in [4.69, 9.17) is 5.26 Å². The van der Waals surface area contributed by atoms with Gasteiger partial charge in [-0.3, -0.25) is 4.79 Å². The molecule has 0 saturated carbocycles. The minimum atomic E-state index is -0.467. The Kier molecular flexibility index (Phi) is 3.57. The molecule has 0 bridgehead atoms. The summed E-state index contributed by atoms with van der Waals surface area (Å²) in [6, 6.07) is 7.31. The van der Waals surface area contributed by atoms with E-state index in [-0.39, 0.29) is 17.7 Å². The Morgan fingerprint density at radius 2 is 2.26 bits per heavy atom. The molecule has 0 radical (unpaired) electrons. The Bertz CT molecular complexity index is 703. The molecule has 0 fully saturated rings. The second kappa shape index (κ2) is 5.31. The minimum Gasteiger partial charge on any atom is -0.387 e. The zero-order valence-corrected chi connectivity index (χ0v) is 10.2. The molecule has 0 amide bonds. The summed E-state index contributed by atoms with van der Waals surface area (Å²) in [4.78, 5) is 11.7. The van der Waals surface area contributed by atoms with Gasteiger partial charge in [0.25, 0.3) is 5.56 Å². The molecule has 0 aliphatic heterocycles. The highest BCUT2D eigenvalue weighted by Gasteiger charge is 2.07. The summed E-state index contributed by atoms with van der Waals surface area (Å²) in [6.07, 6.45) is 1.48. The van der Waals surface area contributed by atoms with Crippen molar-refractivity contribution in [1.29, 1.82) is 5.26 Å². The van der Waals surface area contributed by atoms with Crippen LogP contribution in [0.4, 0.5) is 10.1 Å². The van der Waals surface area contributed by atoms with Gasteiger partial charge in [-0.15, -0.1) is 0 Å². The minimum absolute atomic E-state index is 0.00974. The summed E-state index contributed by atoms with van der Waals surface area (Å²) in [5.41, 5.74) is 0.850. The summed E-state index contributed by atoms with van der Waals surface area (Å²) in [5.74, 6) is -0.467. The van der Waals surface area contributed by atoms with Crippen LogP contribution in [0.2, 0.25) is 0 Å². The van der Waals surface area contributed by atoms with E-state index in [0.717, 1.165) is 4.68 Å². The fraction of sp³-hybridized carbons (Fsp3) is 0.154. The number of aromatic nitrogens is 2. The van der Waals surface area contributed by atoms with E-state index >= 15 is 0 Å². The third-order valence-corrected chi connectivity index (χ3v) is 2.65. The predicted molar refractivity (Wildman–Crippen MR) is 68.3 cm³/mol. The molecule has 0 aliphatic carbocycles. The van der Waals surface area contributed by atoms with Crippen LogP contribution >= 0.6 is 0 Å². The number of rotatable bonds is 3. The average Bonchev–Trinajstić information content (AvgIpc) is 2.43. The van der Waals surface area contributed by atoms with E-state index < -0.39 is 5.82 Å². The summed E-state index contributed by atoms with van der Waals surface area (Å²) in [7, 11) is 1.68. The molecule has 2 aromatic rings. The first-order valence-electron chi connectivity index (χ1n) is 5.57. The first-order chi connectivity index (χ1) is 9.13. The lowest BCUT2D eigenvalue weighted by molar-refractivity contribution is 0.572. The van der Waals surface area contributed by atoms with Gasteiger partial charge in [0.05, 0.1) is 30.1 Å². The molecule has 1 N–H and O–H groups in total. The van der Waals surface area contributed by atoms with Crippen LogP contribution in [0.3, 0.4) is 0 Å². The maximum atomic E-state index is 13.6. The van der Waals surface area contributed by atoms with Crippen molar-refractivity contribution in [2.24, 2.45) is 0 Å². The molecule has 6 heteroatoms. The maximum Gasteiger partial charge on any atom is 0.269 e. The first-order valence-corrected chi connectivity index (χ1v) is 5.57. The van der Waals surface area contributed by atoms with Crippen molar-refractivity contribution in [2.75, 3.05) is 12.4 Å². The van der Waals surface area contributed by atoms with Crippen molar-refractivity contribution in [2.45, 2.75) is 6.54 Å². The highest BCUT2D eigenvalue weighted by atomic mass is 19.1. The fourth-order valence-corrected chi connectivity index (χ4v) is 1.62. The van der Waals surface area contributed by atoms with E-state index in [1.165, 1.54) is 30.5 Å². The number of halogens is 1. The molecule has 1 heterocycles. The van der Waals surface area contributed by atoms with Crippen molar-refractivity contribution < 1.29 is 4.39 Å². The van der Waals surface area contributed by atoms with Gasteiger partial charge in [-0.25, -0.2) is 9.07 Å². The molecule has 2 rings (SSSR count). The fourth-order valence-electron chi connectivity index (χ4n) is 1.62. The lowest BCUT2D eigenvalue weighted by atomic mass is 10.1. The van der Waals surface area contributed by atoms with Crippen LogP contribution in [0, 0.1) is 17.1 Å².